The van der Waals surface area contributed by atoms with Crippen LogP contribution < -0.4 is 0 Å². The third kappa shape index (κ3) is 3.72. The minimum atomic E-state index is -0.0514. The van der Waals surface area contributed by atoms with Crippen LogP contribution in [0.3, 0.4) is 0 Å². The smallest absolute Gasteiger partial charge is 0.294 e. The van der Waals surface area contributed by atoms with Gasteiger partial charge in [0.25, 0.3) is 11.6 Å². The maximum Gasteiger partial charge on any atom is 0.294 e. The van der Waals surface area contributed by atoms with E-state index in [1.165, 1.54) is 5.56 Å². The molecule has 0 radical (unpaired) electrons. The molecule has 0 spiro atoms. The van der Waals surface area contributed by atoms with Gasteiger partial charge < -0.3 is 9.69 Å². The maximum atomic E-state index is 9.88. The van der Waals surface area contributed by atoms with Crippen LogP contribution in [0.25, 0.3) is 75.2 Å². The highest BCUT2D eigenvalue weighted by molar-refractivity contribution is 6.40. The third-order valence-corrected chi connectivity index (χ3v) is 8.25. The number of fused-ring (bicyclic) bond motifs is 6. The SMILES string of the molecule is [C-]#[N+]c1nc2c3cccc4c5nc(C#N)c(C#N)nc5c5c(-c6ccc(CC(C)CC)cc6)ccc(c2nc1[N+]#[C-])c5c34. The highest BCUT2D eigenvalue weighted by Crippen LogP contribution is 2.47. The summed E-state index contributed by atoms with van der Waals surface area (Å²) in [5.74, 6) is 0.478. The van der Waals surface area contributed by atoms with E-state index >= 15 is 0 Å². The van der Waals surface area contributed by atoms with Crippen LogP contribution in [0.5, 0.6) is 0 Å². The number of nitriles is 2. The molecule has 0 N–H and O–H groups in total. The predicted octanol–water partition coefficient (Wildman–Crippen LogP) is 8.57. The molecule has 7 aromatic rings. The lowest BCUT2D eigenvalue weighted by Gasteiger charge is -2.17. The Kier molecular flexibility index (Phi) is 5.81. The molecule has 200 valence electrons. The van der Waals surface area contributed by atoms with Gasteiger partial charge in [0.15, 0.2) is 11.4 Å². The largest absolute Gasteiger partial charge is 0.370 e. The average Bonchev–Trinajstić information content (AvgIpc) is 3.06. The molecule has 1 atom stereocenters. The summed E-state index contributed by atoms with van der Waals surface area (Å²) in [6.07, 6.45) is 2.10. The molecule has 43 heavy (non-hydrogen) atoms. The summed E-state index contributed by atoms with van der Waals surface area (Å²) in [6, 6.07) is 22.3. The summed E-state index contributed by atoms with van der Waals surface area (Å²) in [7, 11) is 0. The maximum absolute atomic E-state index is 9.88. The van der Waals surface area contributed by atoms with Crippen LogP contribution in [0.15, 0.2) is 54.6 Å². The predicted molar refractivity (Wildman–Crippen MR) is 167 cm³/mol. The Bertz CT molecular complexity index is 2450. The van der Waals surface area contributed by atoms with Gasteiger partial charge >= 0.3 is 0 Å². The van der Waals surface area contributed by atoms with Crippen molar-refractivity contribution in [2.45, 2.75) is 26.7 Å². The van der Waals surface area contributed by atoms with Crippen LogP contribution in [0.1, 0.15) is 37.2 Å². The zero-order valence-corrected chi connectivity index (χ0v) is 23.3. The normalized spacial score (nSPS) is 12.0. The highest BCUT2D eigenvalue weighted by Gasteiger charge is 2.26. The Morgan fingerprint density at radius 1 is 0.698 bits per heavy atom. The lowest BCUT2D eigenvalue weighted by atomic mass is 9.87. The van der Waals surface area contributed by atoms with E-state index in [2.05, 4.69) is 62.8 Å². The molecule has 8 nitrogen and oxygen atoms in total. The molecule has 0 amide bonds. The van der Waals surface area contributed by atoms with Crippen molar-refractivity contribution in [3.8, 4) is 23.3 Å². The van der Waals surface area contributed by atoms with Crippen LogP contribution in [-0.2, 0) is 6.42 Å². The fraction of sp³-hybridized carbons (Fsp3) is 0.143. The van der Waals surface area contributed by atoms with Crippen molar-refractivity contribution in [3.05, 3.63) is 94.4 Å². The van der Waals surface area contributed by atoms with Crippen LogP contribution in [0, 0.1) is 41.7 Å². The zero-order valence-electron chi connectivity index (χ0n) is 23.3. The van der Waals surface area contributed by atoms with E-state index in [9.17, 15) is 10.5 Å². The summed E-state index contributed by atoms with van der Waals surface area (Å²) < 4.78 is 0. The summed E-state index contributed by atoms with van der Waals surface area (Å²) in [6.45, 7) is 19.7. The first-order valence-electron chi connectivity index (χ1n) is 13.8. The van der Waals surface area contributed by atoms with Crippen molar-refractivity contribution in [1.82, 2.24) is 19.9 Å². The molecule has 5 aromatic carbocycles. The molecule has 7 rings (SSSR count). The van der Waals surface area contributed by atoms with Gasteiger partial charge in [0.05, 0.1) is 11.0 Å². The molecule has 0 bridgehead atoms. The quantitative estimate of drug-likeness (QED) is 0.123. The molecule has 0 saturated heterocycles. The Morgan fingerprint density at radius 2 is 1.26 bits per heavy atom. The third-order valence-electron chi connectivity index (χ3n) is 8.25. The van der Waals surface area contributed by atoms with E-state index in [0.717, 1.165) is 56.3 Å². The first-order chi connectivity index (χ1) is 21.0. The molecule has 2 aromatic heterocycles. The van der Waals surface area contributed by atoms with Crippen LogP contribution in [0.2, 0.25) is 0 Å². The second-order valence-electron chi connectivity index (χ2n) is 10.7. The van der Waals surface area contributed by atoms with E-state index < -0.39 is 0 Å². The molecule has 1 unspecified atom stereocenters. The first kappa shape index (κ1) is 25.7. The zero-order chi connectivity index (χ0) is 29.8. The van der Waals surface area contributed by atoms with Gasteiger partial charge in [-0.2, -0.15) is 10.5 Å². The van der Waals surface area contributed by atoms with E-state index in [1.54, 1.807) is 0 Å². The van der Waals surface area contributed by atoms with Crippen molar-refractivity contribution in [3.63, 3.8) is 0 Å². The number of aromatic nitrogens is 4. The Morgan fingerprint density at radius 3 is 1.81 bits per heavy atom. The van der Waals surface area contributed by atoms with Gasteiger partial charge in [-0.3, -0.25) is 0 Å². The lowest BCUT2D eigenvalue weighted by molar-refractivity contribution is 0.560. The molecule has 0 aliphatic heterocycles. The summed E-state index contributed by atoms with van der Waals surface area (Å²) in [5, 5.41) is 24.4. The fourth-order valence-electron chi connectivity index (χ4n) is 6.03. The molecule has 0 saturated carbocycles. The van der Waals surface area contributed by atoms with Crippen LogP contribution in [-0.4, -0.2) is 19.9 Å². The minimum Gasteiger partial charge on any atom is -0.370 e. The van der Waals surface area contributed by atoms with Gasteiger partial charge in [-0.1, -0.05) is 75.9 Å². The van der Waals surface area contributed by atoms with Crippen molar-refractivity contribution in [2.75, 3.05) is 0 Å². The number of hydrogen-bond donors (Lipinski definition) is 0. The highest BCUT2D eigenvalue weighted by atomic mass is 15.0. The fourth-order valence-corrected chi connectivity index (χ4v) is 6.03. The second-order valence-corrected chi connectivity index (χ2v) is 10.7. The molecule has 2 heterocycles. The summed E-state index contributed by atoms with van der Waals surface area (Å²) in [4.78, 5) is 25.6. The summed E-state index contributed by atoms with van der Waals surface area (Å²) in [5.41, 5.74) is 5.10. The van der Waals surface area contributed by atoms with Crippen molar-refractivity contribution < 1.29 is 0 Å². The number of nitrogens with zero attached hydrogens (tertiary/aromatic N) is 8. The van der Waals surface area contributed by atoms with E-state index in [4.69, 9.17) is 18.1 Å². The molecule has 0 aliphatic rings. The van der Waals surface area contributed by atoms with E-state index in [0.29, 0.717) is 28.0 Å². The number of rotatable bonds is 4. The number of hydrogen-bond acceptors (Lipinski definition) is 6. The lowest BCUT2D eigenvalue weighted by Crippen LogP contribution is -2.00. The first-order valence-corrected chi connectivity index (χ1v) is 13.8. The van der Waals surface area contributed by atoms with E-state index in [-0.39, 0.29) is 23.0 Å². The van der Waals surface area contributed by atoms with E-state index in [1.807, 2.05) is 42.5 Å². The molecule has 8 heteroatoms. The molecular formula is C35H20N8. The van der Waals surface area contributed by atoms with Crippen molar-refractivity contribution >= 4 is 66.0 Å². The Hall–Kier alpha value is -6.22. The standard InChI is InChI=1S/C35H20N8/c1-5-18(2)15-19-9-11-20(12-10-19)21-13-14-24-28-27-22(30-31(24)43-35(39-4)34(38-3)42-30)7-6-8-23(27)32-33(29(21)28)41-26(17-37)25(16-36)40-32/h6-14,18H,5,15H2,1-2H3. The van der Waals surface area contributed by atoms with Gasteiger partial charge in [0, 0.05) is 32.3 Å². The minimum absolute atomic E-state index is 0.0394. The van der Waals surface area contributed by atoms with Gasteiger partial charge in [0.2, 0.25) is 11.0 Å². The van der Waals surface area contributed by atoms with Crippen molar-refractivity contribution in [2.24, 2.45) is 5.92 Å². The van der Waals surface area contributed by atoms with Gasteiger partial charge in [0.1, 0.15) is 12.1 Å². The Balaban J connectivity index is 1.71. The average molecular weight is 553 g/mol. The molecule has 0 fully saturated rings. The van der Waals surface area contributed by atoms with Crippen LogP contribution >= 0.6 is 0 Å². The monoisotopic (exact) mass is 552 g/mol. The van der Waals surface area contributed by atoms with Gasteiger partial charge in [-0.25, -0.2) is 9.97 Å². The topological polar surface area (TPSA) is 108 Å². The van der Waals surface area contributed by atoms with Crippen LogP contribution in [0.4, 0.5) is 11.6 Å². The summed E-state index contributed by atoms with van der Waals surface area (Å²) >= 11 is 0. The van der Waals surface area contributed by atoms with Gasteiger partial charge in [-0.15, -0.1) is 9.97 Å². The number of benzene rings is 5. The van der Waals surface area contributed by atoms with Gasteiger partial charge in [-0.05, 0) is 41.2 Å². The molecular weight excluding hydrogens is 532 g/mol. The molecule has 0 aliphatic carbocycles. The Labute approximate surface area is 246 Å². The second kappa shape index (κ2) is 9.71. The van der Waals surface area contributed by atoms with Crippen molar-refractivity contribution in [1.29, 1.82) is 10.5 Å².